The number of ether oxygens (including phenoxy) is 1. The minimum atomic E-state index is -1.27. The van der Waals surface area contributed by atoms with Gasteiger partial charge in [0.25, 0.3) is 5.91 Å². The van der Waals surface area contributed by atoms with Gasteiger partial charge in [-0.3, -0.25) is 14.4 Å². The molecule has 2 bridgehead atoms. The van der Waals surface area contributed by atoms with E-state index in [0.29, 0.717) is 31.5 Å². The van der Waals surface area contributed by atoms with Crippen molar-refractivity contribution in [1.29, 1.82) is 0 Å². The molecule has 0 radical (unpaired) electrons. The Morgan fingerprint density at radius 2 is 1.65 bits per heavy atom. The van der Waals surface area contributed by atoms with Gasteiger partial charge < -0.3 is 24.5 Å². The zero-order valence-corrected chi connectivity index (χ0v) is 28.0. The number of aliphatic hydroxyl groups is 1. The number of anilines is 1. The Labute approximate surface area is 283 Å². The standard InChI is InChI=1S/C40H45N3O5/c1-6-22-41(25-29-14-10-8-11-15-29)36(45)33-34-37(46)43(32(26-44)30-16-12-9-13-17-30)35(40(34)21-20-39(33,5)48-40)38(47)42(23-7-2)31-24-27(3)18-19-28(31)4/h6-19,24,32-35,44H,1-2,20-23,25-26H2,3-5H3/t32-,33-,34+,35?,39+,40?/m1/s1. The summed E-state index contributed by atoms with van der Waals surface area (Å²) in [6.45, 7) is 14.1. The Balaban J connectivity index is 1.49. The van der Waals surface area contributed by atoms with Crippen LogP contribution >= 0.6 is 0 Å². The average molecular weight is 648 g/mol. The van der Waals surface area contributed by atoms with Gasteiger partial charge >= 0.3 is 0 Å². The van der Waals surface area contributed by atoms with E-state index in [9.17, 15) is 9.90 Å². The number of likely N-dealkylation sites (tertiary alicyclic amines) is 1. The highest BCUT2D eigenvalue weighted by Gasteiger charge is 2.79. The van der Waals surface area contributed by atoms with Crippen molar-refractivity contribution in [2.75, 3.05) is 24.6 Å². The lowest BCUT2D eigenvalue weighted by Gasteiger charge is -2.40. The number of rotatable bonds is 12. The van der Waals surface area contributed by atoms with E-state index in [-0.39, 0.29) is 24.3 Å². The van der Waals surface area contributed by atoms with Gasteiger partial charge in [0.2, 0.25) is 11.8 Å². The van der Waals surface area contributed by atoms with Crippen LogP contribution in [0.1, 0.15) is 48.1 Å². The van der Waals surface area contributed by atoms with E-state index in [2.05, 4.69) is 13.2 Å². The molecule has 1 spiro atoms. The predicted molar refractivity (Wildman–Crippen MR) is 186 cm³/mol. The quantitative estimate of drug-likeness (QED) is 0.261. The highest BCUT2D eigenvalue weighted by atomic mass is 16.5. The van der Waals surface area contributed by atoms with E-state index in [1.54, 1.807) is 22.0 Å². The second-order valence-electron chi connectivity index (χ2n) is 13.6. The minimum absolute atomic E-state index is 0.202. The number of amides is 3. The molecule has 6 rings (SSSR count). The molecular weight excluding hydrogens is 602 g/mol. The lowest BCUT2D eigenvalue weighted by molar-refractivity contribution is -0.152. The Kier molecular flexibility index (Phi) is 9.16. The molecule has 0 saturated carbocycles. The molecule has 8 nitrogen and oxygen atoms in total. The maximum atomic E-state index is 15.2. The van der Waals surface area contributed by atoms with Crippen LogP contribution in [0.25, 0.3) is 0 Å². The molecule has 250 valence electrons. The zero-order chi connectivity index (χ0) is 34.2. The van der Waals surface area contributed by atoms with Crippen LogP contribution in [0.3, 0.4) is 0 Å². The van der Waals surface area contributed by atoms with Crippen molar-refractivity contribution in [3.05, 3.63) is 126 Å². The molecule has 0 aliphatic carbocycles. The smallest absolute Gasteiger partial charge is 0.253 e. The molecule has 3 fully saturated rings. The zero-order valence-electron chi connectivity index (χ0n) is 28.0. The molecule has 3 aromatic carbocycles. The van der Waals surface area contributed by atoms with Gasteiger partial charge in [-0.05, 0) is 61.9 Å². The van der Waals surface area contributed by atoms with Gasteiger partial charge in [0, 0.05) is 25.3 Å². The maximum Gasteiger partial charge on any atom is 0.253 e. The number of aryl methyl sites for hydroxylation is 2. The van der Waals surface area contributed by atoms with E-state index in [4.69, 9.17) is 4.74 Å². The molecule has 8 heteroatoms. The summed E-state index contributed by atoms with van der Waals surface area (Å²) >= 11 is 0. The fraction of sp³-hybridized carbons (Fsp3) is 0.375. The van der Waals surface area contributed by atoms with Crippen LogP contribution in [0.5, 0.6) is 0 Å². The molecular formula is C40H45N3O5. The predicted octanol–water partition coefficient (Wildman–Crippen LogP) is 5.54. The van der Waals surface area contributed by atoms with Gasteiger partial charge in [-0.25, -0.2) is 0 Å². The largest absolute Gasteiger partial charge is 0.394 e. The first kappa shape index (κ1) is 33.4. The summed E-state index contributed by atoms with van der Waals surface area (Å²) in [5.74, 6) is -2.62. The Morgan fingerprint density at radius 3 is 2.29 bits per heavy atom. The van der Waals surface area contributed by atoms with Crippen molar-refractivity contribution >= 4 is 23.4 Å². The number of carbonyl (C=O) groups is 3. The fourth-order valence-corrected chi connectivity index (χ4v) is 8.37. The van der Waals surface area contributed by atoms with Gasteiger partial charge in [-0.15, -0.1) is 13.2 Å². The first-order chi connectivity index (χ1) is 23.1. The van der Waals surface area contributed by atoms with E-state index in [1.807, 2.05) is 99.6 Å². The van der Waals surface area contributed by atoms with Crippen LogP contribution in [0.2, 0.25) is 0 Å². The summed E-state index contributed by atoms with van der Waals surface area (Å²) in [7, 11) is 0. The van der Waals surface area contributed by atoms with Gasteiger partial charge in [0.05, 0.1) is 30.1 Å². The summed E-state index contributed by atoms with van der Waals surface area (Å²) in [6, 6.07) is 23.0. The molecule has 3 amide bonds. The van der Waals surface area contributed by atoms with E-state index in [0.717, 1.165) is 22.4 Å². The first-order valence-electron chi connectivity index (χ1n) is 16.7. The number of carbonyl (C=O) groups excluding carboxylic acids is 3. The van der Waals surface area contributed by atoms with Crippen LogP contribution in [0.4, 0.5) is 5.69 Å². The van der Waals surface area contributed by atoms with Gasteiger partial charge in [0.1, 0.15) is 11.6 Å². The Hall–Kier alpha value is -4.53. The Morgan fingerprint density at radius 1 is 0.979 bits per heavy atom. The SMILES string of the molecule is C=CCN(Cc1ccccc1)C(=O)[C@H]1[C@H]2C(=O)N([C@H](CO)c3ccccc3)C(C(=O)N(CC=C)c3cc(C)ccc3C)C23CC[C@]1(C)O3. The topological polar surface area (TPSA) is 90.4 Å². The van der Waals surface area contributed by atoms with Gasteiger partial charge in [0.15, 0.2) is 0 Å². The highest BCUT2D eigenvalue weighted by molar-refractivity contribution is 6.05. The molecule has 3 saturated heterocycles. The van der Waals surface area contributed by atoms with Crippen molar-refractivity contribution in [2.45, 2.75) is 63.4 Å². The Bertz CT molecular complexity index is 1710. The lowest BCUT2D eigenvalue weighted by Crippen LogP contribution is -2.57. The van der Waals surface area contributed by atoms with Crippen LogP contribution in [0, 0.1) is 25.7 Å². The van der Waals surface area contributed by atoms with E-state index in [1.165, 1.54) is 4.90 Å². The molecule has 3 heterocycles. The fourth-order valence-electron chi connectivity index (χ4n) is 8.37. The van der Waals surface area contributed by atoms with E-state index >= 15 is 9.59 Å². The average Bonchev–Trinajstić information content (AvgIpc) is 3.66. The summed E-state index contributed by atoms with van der Waals surface area (Å²) in [5.41, 5.74) is 2.05. The number of fused-ring (bicyclic) bond motifs is 1. The second kappa shape index (κ2) is 13.2. The molecule has 1 N–H and O–H groups in total. The number of aliphatic hydroxyl groups excluding tert-OH is 1. The number of benzene rings is 3. The lowest BCUT2D eigenvalue weighted by atomic mass is 9.66. The molecule has 0 aromatic heterocycles. The maximum absolute atomic E-state index is 15.2. The first-order valence-corrected chi connectivity index (χ1v) is 16.7. The van der Waals surface area contributed by atoms with Crippen LogP contribution < -0.4 is 4.90 Å². The third-order valence-corrected chi connectivity index (χ3v) is 10.5. The number of hydrogen-bond acceptors (Lipinski definition) is 5. The summed E-state index contributed by atoms with van der Waals surface area (Å²) < 4.78 is 6.98. The molecule has 3 aliphatic heterocycles. The third kappa shape index (κ3) is 5.47. The van der Waals surface area contributed by atoms with Crippen LogP contribution in [0.15, 0.2) is 104 Å². The summed E-state index contributed by atoms with van der Waals surface area (Å²) in [5, 5.41) is 10.9. The number of hydrogen-bond donors (Lipinski definition) is 1. The molecule has 6 atom stereocenters. The number of nitrogens with zero attached hydrogens (tertiary/aromatic N) is 3. The highest BCUT2D eigenvalue weighted by Crippen LogP contribution is 2.64. The minimum Gasteiger partial charge on any atom is -0.394 e. The van der Waals surface area contributed by atoms with Crippen LogP contribution in [-0.4, -0.2) is 69.6 Å². The van der Waals surface area contributed by atoms with E-state index < -0.39 is 41.7 Å². The van der Waals surface area contributed by atoms with Crippen molar-refractivity contribution in [3.8, 4) is 0 Å². The monoisotopic (exact) mass is 647 g/mol. The molecule has 3 aromatic rings. The van der Waals surface area contributed by atoms with Crippen LogP contribution in [-0.2, 0) is 25.7 Å². The van der Waals surface area contributed by atoms with Crippen molar-refractivity contribution in [2.24, 2.45) is 11.8 Å². The second-order valence-corrected chi connectivity index (χ2v) is 13.6. The van der Waals surface area contributed by atoms with Crippen molar-refractivity contribution in [1.82, 2.24) is 9.80 Å². The molecule has 48 heavy (non-hydrogen) atoms. The van der Waals surface area contributed by atoms with Gasteiger partial charge in [-0.2, -0.15) is 0 Å². The summed E-state index contributed by atoms with van der Waals surface area (Å²) in [4.78, 5) is 49.9. The molecule has 2 unspecified atom stereocenters. The normalized spacial score (nSPS) is 26.2. The summed E-state index contributed by atoms with van der Waals surface area (Å²) in [6.07, 6.45) is 4.31. The van der Waals surface area contributed by atoms with Crippen molar-refractivity contribution < 1.29 is 24.2 Å². The molecule has 3 aliphatic rings. The van der Waals surface area contributed by atoms with Crippen molar-refractivity contribution in [3.63, 3.8) is 0 Å². The third-order valence-electron chi connectivity index (χ3n) is 10.5. The van der Waals surface area contributed by atoms with Gasteiger partial charge in [-0.1, -0.05) is 84.9 Å².